The molecule has 2 aromatic heterocycles. The Morgan fingerprint density at radius 2 is 1.97 bits per heavy atom. The van der Waals surface area contributed by atoms with E-state index in [0.29, 0.717) is 36.9 Å². The molecule has 32 heavy (non-hydrogen) atoms. The smallest absolute Gasteiger partial charge is 0.240 e. The summed E-state index contributed by atoms with van der Waals surface area (Å²) in [4.78, 5) is 7.32. The monoisotopic (exact) mass is 473 g/mol. The molecular weight excluding hydrogens is 450 g/mol. The van der Waals surface area contributed by atoms with E-state index >= 15 is 0 Å². The second kappa shape index (κ2) is 10.2. The van der Waals surface area contributed by atoms with Crippen LogP contribution in [0.1, 0.15) is 18.4 Å². The Kier molecular flexibility index (Phi) is 7.09. The van der Waals surface area contributed by atoms with Gasteiger partial charge in [0, 0.05) is 41.6 Å². The van der Waals surface area contributed by atoms with Crippen LogP contribution in [0.25, 0.3) is 10.9 Å². The summed E-state index contributed by atoms with van der Waals surface area (Å²) < 4.78 is 35.2. The fourth-order valence-corrected chi connectivity index (χ4v) is 4.65. The van der Waals surface area contributed by atoms with Gasteiger partial charge in [-0.15, -0.1) is 0 Å². The quantitative estimate of drug-likeness (QED) is 0.323. The van der Waals surface area contributed by atoms with E-state index in [0.717, 1.165) is 29.3 Å². The lowest BCUT2D eigenvalue weighted by molar-refractivity contribution is 0.298. The van der Waals surface area contributed by atoms with Gasteiger partial charge in [0.05, 0.1) is 11.5 Å². The van der Waals surface area contributed by atoms with Gasteiger partial charge in [-0.1, -0.05) is 11.6 Å². The normalized spacial score (nSPS) is 11.8. The fourth-order valence-electron chi connectivity index (χ4n) is 3.41. The molecule has 0 atom stereocenters. The number of benzene rings is 2. The number of fused-ring (bicyclic) bond motifs is 1. The third-order valence-corrected chi connectivity index (χ3v) is 6.76. The Labute approximate surface area is 191 Å². The fraction of sp³-hybridized carbons (Fsp3) is 0.273. The van der Waals surface area contributed by atoms with Crippen molar-refractivity contribution in [1.82, 2.24) is 24.5 Å². The van der Waals surface area contributed by atoms with E-state index in [-0.39, 0.29) is 4.90 Å². The molecule has 0 saturated carbocycles. The van der Waals surface area contributed by atoms with E-state index in [4.69, 9.17) is 16.3 Å². The number of sulfonamides is 1. The summed E-state index contributed by atoms with van der Waals surface area (Å²) in [7, 11) is -3.58. The molecule has 2 aromatic carbocycles. The predicted octanol–water partition coefficient (Wildman–Crippen LogP) is 3.79. The molecule has 0 bridgehead atoms. The second-order valence-electron chi connectivity index (χ2n) is 7.34. The van der Waals surface area contributed by atoms with Gasteiger partial charge >= 0.3 is 0 Å². The first-order valence-corrected chi connectivity index (χ1v) is 12.2. The minimum atomic E-state index is -3.58. The van der Waals surface area contributed by atoms with E-state index in [9.17, 15) is 8.42 Å². The molecule has 0 aliphatic rings. The van der Waals surface area contributed by atoms with Crippen molar-refractivity contribution in [3.05, 3.63) is 71.9 Å². The lowest BCUT2D eigenvalue weighted by atomic mass is 10.1. The first-order valence-electron chi connectivity index (χ1n) is 10.3. The number of H-pyrrole nitrogens is 1. The Bertz CT molecular complexity index is 1250. The van der Waals surface area contributed by atoms with Crippen molar-refractivity contribution >= 4 is 32.5 Å². The van der Waals surface area contributed by atoms with Crippen LogP contribution >= 0.6 is 11.6 Å². The number of hydrogen-bond acceptors (Lipinski definition) is 5. The van der Waals surface area contributed by atoms with E-state index in [2.05, 4.69) is 19.8 Å². The molecule has 0 unspecified atom stereocenters. The molecular formula is C22H24ClN5O3S. The number of aromatic nitrogens is 4. The number of nitrogens with one attached hydrogen (secondary N) is 2. The SMILES string of the molecule is O=S(=O)(NCCCc1c[nH]c2ccc(Cl)cc12)c1ccc(OCCCn2cncn2)cc1. The zero-order valence-corrected chi connectivity index (χ0v) is 18.9. The summed E-state index contributed by atoms with van der Waals surface area (Å²) in [6.07, 6.45) is 7.28. The maximum atomic E-state index is 12.6. The summed E-state index contributed by atoms with van der Waals surface area (Å²) in [6, 6.07) is 12.1. The molecule has 8 nitrogen and oxygen atoms in total. The molecule has 10 heteroatoms. The van der Waals surface area contributed by atoms with Gasteiger partial charge in [-0.2, -0.15) is 5.10 Å². The van der Waals surface area contributed by atoms with Crippen molar-refractivity contribution < 1.29 is 13.2 Å². The zero-order valence-electron chi connectivity index (χ0n) is 17.4. The largest absolute Gasteiger partial charge is 0.494 e. The average Bonchev–Trinajstić information content (AvgIpc) is 3.44. The maximum Gasteiger partial charge on any atom is 0.240 e. The molecule has 2 heterocycles. The van der Waals surface area contributed by atoms with Crippen molar-refractivity contribution in [2.75, 3.05) is 13.2 Å². The predicted molar refractivity (Wildman–Crippen MR) is 123 cm³/mol. The molecule has 0 saturated heterocycles. The van der Waals surface area contributed by atoms with Gasteiger partial charge in [0.15, 0.2) is 0 Å². The molecule has 4 aromatic rings. The van der Waals surface area contributed by atoms with Crippen LogP contribution in [0.4, 0.5) is 0 Å². The Morgan fingerprint density at radius 1 is 1.12 bits per heavy atom. The van der Waals surface area contributed by atoms with Crippen molar-refractivity contribution in [3.8, 4) is 5.75 Å². The van der Waals surface area contributed by atoms with Crippen molar-refractivity contribution in [2.45, 2.75) is 30.7 Å². The minimum absolute atomic E-state index is 0.214. The highest BCUT2D eigenvalue weighted by Gasteiger charge is 2.13. The van der Waals surface area contributed by atoms with Crippen molar-refractivity contribution in [3.63, 3.8) is 0 Å². The van der Waals surface area contributed by atoms with Crippen LogP contribution in [0.3, 0.4) is 0 Å². The van der Waals surface area contributed by atoms with Crippen LogP contribution in [0.15, 0.2) is 66.2 Å². The number of aryl methyl sites for hydroxylation is 2. The first kappa shape index (κ1) is 22.3. The van der Waals surface area contributed by atoms with Gasteiger partial charge in [0.25, 0.3) is 0 Å². The molecule has 2 N–H and O–H groups in total. The van der Waals surface area contributed by atoms with Gasteiger partial charge in [-0.25, -0.2) is 18.1 Å². The van der Waals surface area contributed by atoms with Crippen LogP contribution < -0.4 is 9.46 Å². The highest BCUT2D eigenvalue weighted by molar-refractivity contribution is 7.89. The number of hydrogen-bond donors (Lipinski definition) is 2. The average molecular weight is 474 g/mol. The zero-order chi connectivity index (χ0) is 22.4. The Morgan fingerprint density at radius 3 is 2.75 bits per heavy atom. The molecule has 0 spiro atoms. The van der Waals surface area contributed by atoms with Gasteiger partial charge in [-0.3, -0.25) is 4.68 Å². The number of ether oxygens (including phenoxy) is 1. The molecule has 168 valence electrons. The van der Waals surface area contributed by atoms with Crippen molar-refractivity contribution in [2.24, 2.45) is 0 Å². The molecule has 0 fully saturated rings. The van der Waals surface area contributed by atoms with Crippen LogP contribution in [0.5, 0.6) is 5.75 Å². The third-order valence-electron chi connectivity index (χ3n) is 5.05. The van der Waals surface area contributed by atoms with Gasteiger partial charge < -0.3 is 9.72 Å². The Balaban J connectivity index is 1.23. The maximum absolute atomic E-state index is 12.6. The number of rotatable bonds is 11. The number of halogens is 1. The van der Waals surface area contributed by atoms with Crippen LogP contribution in [-0.2, 0) is 23.0 Å². The van der Waals surface area contributed by atoms with E-state index in [1.165, 1.54) is 6.33 Å². The minimum Gasteiger partial charge on any atom is -0.494 e. The van der Waals surface area contributed by atoms with E-state index in [1.54, 1.807) is 35.3 Å². The second-order valence-corrected chi connectivity index (χ2v) is 9.54. The third kappa shape index (κ3) is 5.67. The van der Waals surface area contributed by atoms with E-state index < -0.39 is 10.0 Å². The lowest BCUT2D eigenvalue weighted by Crippen LogP contribution is -2.25. The summed E-state index contributed by atoms with van der Waals surface area (Å²) >= 11 is 6.08. The summed E-state index contributed by atoms with van der Waals surface area (Å²) in [5.74, 6) is 0.625. The van der Waals surface area contributed by atoms with Crippen LogP contribution in [0.2, 0.25) is 5.02 Å². The first-order chi connectivity index (χ1) is 15.5. The molecule has 0 aliphatic heterocycles. The number of nitrogens with zero attached hydrogens (tertiary/aromatic N) is 3. The molecule has 0 radical (unpaired) electrons. The summed E-state index contributed by atoms with van der Waals surface area (Å²) in [6.45, 7) is 1.56. The summed E-state index contributed by atoms with van der Waals surface area (Å²) in [5, 5.41) is 5.78. The molecule has 4 rings (SSSR count). The van der Waals surface area contributed by atoms with E-state index in [1.807, 2.05) is 24.4 Å². The standard InChI is InChI=1S/C22H24ClN5O3S/c23-18-4-9-22-21(13-18)17(14-25-22)3-1-10-27-32(29,30)20-7-5-19(6-8-20)31-12-2-11-28-16-24-15-26-28/h4-9,13-16,25,27H,1-3,10-12H2. The highest BCUT2D eigenvalue weighted by Crippen LogP contribution is 2.23. The number of aromatic amines is 1. The van der Waals surface area contributed by atoms with Crippen LogP contribution in [-0.4, -0.2) is 41.3 Å². The lowest BCUT2D eigenvalue weighted by Gasteiger charge is -2.09. The molecule has 0 amide bonds. The highest BCUT2D eigenvalue weighted by atomic mass is 35.5. The topological polar surface area (TPSA) is 102 Å². The van der Waals surface area contributed by atoms with Gasteiger partial charge in [0.2, 0.25) is 10.0 Å². The summed E-state index contributed by atoms with van der Waals surface area (Å²) in [5.41, 5.74) is 2.14. The molecule has 0 aliphatic carbocycles. The Hall–Kier alpha value is -2.88. The van der Waals surface area contributed by atoms with Crippen molar-refractivity contribution in [1.29, 1.82) is 0 Å². The van der Waals surface area contributed by atoms with Crippen LogP contribution in [0, 0.1) is 0 Å². The van der Waals surface area contributed by atoms with Gasteiger partial charge in [-0.05, 0) is 60.9 Å². The van der Waals surface area contributed by atoms with Gasteiger partial charge in [0.1, 0.15) is 18.4 Å².